The molecule has 6 rings (SSSR count). The Labute approximate surface area is 252 Å². The molecule has 9 nitrogen and oxygen atoms in total. The predicted molar refractivity (Wildman–Crippen MR) is 167 cm³/mol. The summed E-state index contributed by atoms with van der Waals surface area (Å²) in [6, 6.07) is 4.59. The van der Waals surface area contributed by atoms with E-state index in [2.05, 4.69) is 42.9 Å². The second kappa shape index (κ2) is 14.9. The highest BCUT2D eigenvalue weighted by molar-refractivity contribution is 6.28. The minimum absolute atomic E-state index is 0. The number of carbonyl (C=O) groups excluding carboxylic acids is 1. The van der Waals surface area contributed by atoms with Crippen molar-refractivity contribution >= 4 is 51.2 Å². The number of carbonyl (C=O) groups is 1. The van der Waals surface area contributed by atoms with Crippen molar-refractivity contribution < 1.29 is 9.90 Å². The van der Waals surface area contributed by atoms with Crippen LogP contribution in [-0.2, 0) is 6.61 Å². The maximum atomic E-state index is 12.4. The van der Waals surface area contributed by atoms with Crippen LogP contribution in [0, 0.1) is 0 Å². The van der Waals surface area contributed by atoms with Gasteiger partial charge in [-0.2, -0.15) is 9.97 Å². The lowest BCUT2D eigenvalue weighted by Crippen LogP contribution is -2.25. The number of hydrogen-bond donors (Lipinski definition) is 1. The number of amides is 1. The van der Waals surface area contributed by atoms with E-state index in [1.165, 1.54) is 32.1 Å². The van der Waals surface area contributed by atoms with Gasteiger partial charge in [0, 0.05) is 55.0 Å². The summed E-state index contributed by atoms with van der Waals surface area (Å²) in [5.74, 6) is -0.00831. The third kappa shape index (κ3) is 7.37. The van der Waals surface area contributed by atoms with Crippen molar-refractivity contribution in [1.82, 2.24) is 34.0 Å². The molecular formula is C30H43Cl2N7O2. The first-order valence-corrected chi connectivity index (χ1v) is 14.9. The number of fused-ring (bicyclic) bond motifs is 2. The van der Waals surface area contributed by atoms with Gasteiger partial charge in [-0.25, -0.2) is 9.97 Å². The molecule has 0 spiro atoms. The Morgan fingerprint density at radius 1 is 0.878 bits per heavy atom. The van der Waals surface area contributed by atoms with Gasteiger partial charge >= 0.3 is 0 Å². The van der Waals surface area contributed by atoms with Gasteiger partial charge in [0.25, 0.3) is 5.91 Å². The normalized spacial score (nSPS) is 15.3. The minimum atomic E-state index is -0.00831. The van der Waals surface area contributed by atoms with Crippen LogP contribution in [0.2, 0.25) is 10.6 Å². The smallest absolute Gasteiger partial charge is 0.270 e. The van der Waals surface area contributed by atoms with Crippen molar-refractivity contribution in [3.05, 3.63) is 46.5 Å². The topological polar surface area (TPSA) is 102 Å². The molecule has 2 fully saturated rings. The summed E-state index contributed by atoms with van der Waals surface area (Å²) in [7, 11) is 3.52. The predicted octanol–water partition coefficient (Wildman–Crippen LogP) is 7.65. The average molecular weight is 605 g/mol. The Kier molecular flexibility index (Phi) is 11.9. The van der Waals surface area contributed by atoms with E-state index in [1.54, 1.807) is 31.4 Å². The fourth-order valence-electron chi connectivity index (χ4n) is 5.65. The number of nitrogens with zero attached hydrogens (tertiary/aromatic N) is 7. The fourth-order valence-corrected chi connectivity index (χ4v) is 5.90. The summed E-state index contributed by atoms with van der Waals surface area (Å²) in [6.45, 7) is 4.28. The van der Waals surface area contributed by atoms with Crippen LogP contribution in [0.1, 0.15) is 107 Å². The molecule has 0 saturated heterocycles. The lowest BCUT2D eigenvalue weighted by molar-refractivity contribution is 0.0815. The van der Waals surface area contributed by atoms with Crippen molar-refractivity contribution in [2.45, 2.75) is 97.8 Å². The number of aliphatic hydroxyl groups excluding tert-OH is 1. The lowest BCUT2D eigenvalue weighted by atomic mass is 10.2. The van der Waals surface area contributed by atoms with E-state index in [4.69, 9.17) is 23.2 Å². The van der Waals surface area contributed by atoms with Crippen molar-refractivity contribution in [3.8, 4) is 0 Å². The Balaban J connectivity index is 0.000000203. The average Bonchev–Trinajstić information content (AvgIpc) is 3.74. The first-order valence-electron chi connectivity index (χ1n) is 14.2. The molecule has 0 bridgehead atoms. The Hall–Kier alpha value is -2.75. The first kappa shape index (κ1) is 32.8. The van der Waals surface area contributed by atoms with E-state index in [9.17, 15) is 9.90 Å². The molecule has 2 aliphatic rings. The molecule has 41 heavy (non-hydrogen) atoms. The van der Waals surface area contributed by atoms with Crippen LogP contribution >= 0.6 is 23.2 Å². The van der Waals surface area contributed by atoms with Crippen LogP contribution in [0.15, 0.2) is 24.5 Å². The summed E-state index contributed by atoms with van der Waals surface area (Å²) in [5, 5.41) is 11.7. The van der Waals surface area contributed by atoms with Gasteiger partial charge in [-0.3, -0.25) is 4.79 Å². The third-order valence-electron chi connectivity index (χ3n) is 7.34. The highest BCUT2D eigenvalue weighted by atomic mass is 35.5. The van der Waals surface area contributed by atoms with Gasteiger partial charge in [-0.1, -0.05) is 53.4 Å². The van der Waals surface area contributed by atoms with E-state index >= 15 is 0 Å². The van der Waals surface area contributed by atoms with Gasteiger partial charge in [-0.15, -0.1) is 0 Å². The molecule has 1 amide bonds. The number of aliphatic hydroxyl groups is 1. The van der Waals surface area contributed by atoms with Gasteiger partial charge in [0.1, 0.15) is 17.0 Å². The van der Waals surface area contributed by atoms with Gasteiger partial charge in [-0.05, 0) is 61.0 Å². The van der Waals surface area contributed by atoms with E-state index < -0.39 is 0 Å². The molecule has 4 aromatic rings. The largest absolute Gasteiger partial charge is 0.390 e. The van der Waals surface area contributed by atoms with Crippen molar-refractivity contribution in [3.63, 3.8) is 0 Å². The Bertz CT molecular complexity index is 1440. The van der Waals surface area contributed by atoms with Gasteiger partial charge in [0.2, 0.25) is 10.6 Å². The Morgan fingerprint density at radius 3 is 1.78 bits per heavy atom. The van der Waals surface area contributed by atoms with E-state index in [0.717, 1.165) is 53.4 Å². The molecule has 0 atom stereocenters. The van der Waals surface area contributed by atoms with Crippen LogP contribution in [0.25, 0.3) is 22.1 Å². The molecule has 0 unspecified atom stereocenters. The van der Waals surface area contributed by atoms with Crippen LogP contribution < -0.4 is 0 Å². The van der Waals surface area contributed by atoms with Crippen LogP contribution in [-0.4, -0.2) is 59.1 Å². The number of halogens is 2. The van der Waals surface area contributed by atoms with Gasteiger partial charge in [0.15, 0.2) is 0 Å². The summed E-state index contributed by atoms with van der Waals surface area (Å²) in [6.07, 6.45) is 14.0. The zero-order valence-corrected chi connectivity index (χ0v) is 25.3. The second-order valence-electron chi connectivity index (χ2n) is 10.7. The first-order chi connectivity index (χ1) is 19.3. The monoisotopic (exact) mass is 603 g/mol. The molecule has 2 saturated carbocycles. The maximum Gasteiger partial charge on any atom is 0.270 e. The zero-order chi connectivity index (χ0) is 28.8. The van der Waals surface area contributed by atoms with E-state index in [0.29, 0.717) is 17.8 Å². The maximum absolute atomic E-state index is 12.4. The van der Waals surface area contributed by atoms with Gasteiger partial charge < -0.3 is 19.1 Å². The van der Waals surface area contributed by atoms with Crippen molar-refractivity contribution in [2.75, 3.05) is 14.1 Å². The number of rotatable bonds is 4. The molecular weight excluding hydrogens is 561 g/mol. The van der Waals surface area contributed by atoms with Gasteiger partial charge in [0.05, 0.1) is 6.61 Å². The van der Waals surface area contributed by atoms with E-state index in [-0.39, 0.29) is 30.5 Å². The molecule has 4 aromatic heterocycles. The highest BCUT2D eigenvalue weighted by Gasteiger charge is 2.26. The molecule has 0 aromatic carbocycles. The molecule has 11 heteroatoms. The molecule has 224 valence electrons. The molecule has 0 aliphatic heterocycles. The molecule has 0 radical (unpaired) electrons. The van der Waals surface area contributed by atoms with Crippen LogP contribution in [0.4, 0.5) is 0 Å². The standard InChI is InChI=1S/C14H17ClN4O.C12H14ClN3O.C3H8.CH4/c1-18(2)13(20)11-7-9-8-16-14(15)17-12(9)19(11)10-5-3-4-6-10;13-12-14-6-8-5-10(7-17)16(11(8)15-12)9-3-1-2-4-9;1-3-2;/h7-8,10H,3-6H2,1-2H3;5-6,9,17H,1-4,7H2;3H2,1-2H3;1H4. The highest BCUT2D eigenvalue weighted by Crippen LogP contribution is 2.35. The Morgan fingerprint density at radius 2 is 1.32 bits per heavy atom. The molecule has 1 N–H and O–H groups in total. The second-order valence-corrected chi connectivity index (χ2v) is 11.4. The van der Waals surface area contributed by atoms with Crippen molar-refractivity contribution in [1.29, 1.82) is 0 Å². The zero-order valence-electron chi connectivity index (χ0n) is 23.8. The quantitative estimate of drug-likeness (QED) is 0.240. The summed E-state index contributed by atoms with van der Waals surface area (Å²) in [5.41, 5.74) is 3.19. The van der Waals surface area contributed by atoms with Crippen LogP contribution in [0.3, 0.4) is 0 Å². The number of aromatic nitrogens is 6. The third-order valence-corrected chi connectivity index (χ3v) is 7.70. The summed E-state index contributed by atoms with van der Waals surface area (Å²) < 4.78 is 4.19. The minimum Gasteiger partial charge on any atom is -0.390 e. The lowest BCUT2D eigenvalue weighted by Gasteiger charge is -2.18. The van der Waals surface area contributed by atoms with E-state index in [1.807, 2.05) is 12.1 Å². The summed E-state index contributed by atoms with van der Waals surface area (Å²) >= 11 is 11.8. The fraction of sp³-hybridized carbons (Fsp3) is 0.567. The van der Waals surface area contributed by atoms with Crippen LogP contribution in [0.5, 0.6) is 0 Å². The SMILES string of the molecule is C.CCC.CN(C)C(=O)c1cc2cnc(Cl)nc2n1C1CCCC1.OCc1cc2cnc(Cl)nc2n1C1CCCC1. The summed E-state index contributed by atoms with van der Waals surface area (Å²) in [4.78, 5) is 30.6. The molecule has 4 heterocycles. The number of hydrogen-bond acceptors (Lipinski definition) is 6. The van der Waals surface area contributed by atoms with Crippen molar-refractivity contribution in [2.24, 2.45) is 0 Å². The molecule has 2 aliphatic carbocycles.